The largest absolute Gasteiger partial charge is 0.495 e. The third-order valence-electron chi connectivity index (χ3n) is 6.29. The second-order valence-electron chi connectivity index (χ2n) is 8.92. The number of nitrogens with two attached hydrogens (primary N) is 1. The first-order valence-electron chi connectivity index (χ1n) is 12.2. The number of amides is 3. The number of benzene rings is 1. The maximum Gasteiger partial charge on any atom is 0.254 e. The Morgan fingerprint density at radius 2 is 2.10 bits per heavy atom. The van der Waals surface area contributed by atoms with E-state index in [2.05, 4.69) is 37.6 Å². The number of nitrogens with zero attached hydrogens (tertiary/aromatic N) is 6. The van der Waals surface area contributed by atoms with Gasteiger partial charge < -0.3 is 31.3 Å². The zero-order valence-electron chi connectivity index (χ0n) is 22.0. The van der Waals surface area contributed by atoms with Crippen LogP contribution in [0.15, 0.2) is 43.4 Å². The Labute approximate surface area is 229 Å². The lowest BCUT2D eigenvalue weighted by Crippen LogP contribution is -2.27. The Balaban J connectivity index is 1.56. The number of aryl methyl sites for hydroxylation is 1. The quantitative estimate of drug-likeness (QED) is 0.216. The number of carbonyl (C=O) groups excluding carboxylic acids is 3. The van der Waals surface area contributed by atoms with Crippen LogP contribution in [0.2, 0.25) is 0 Å². The van der Waals surface area contributed by atoms with E-state index in [0.717, 1.165) is 6.42 Å². The molecule has 0 spiro atoms. The molecule has 0 bridgehead atoms. The molecule has 5 N–H and O–H groups in total. The minimum Gasteiger partial charge on any atom is -0.495 e. The minimum atomic E-state index is -0.745. The molecule has 3 aromatic rings. The highest BCUT2D eigenvalue weighted by Crippen LogP contribution is 2.33. The van der Waals surface area contributed by atoms with Gasteiger partial charge in [0.15, 0.2) is 0 Å². The predicted octanol–water partition coefficient (Wildman–Crippen LogP) is 1.79. The van der Waals surface area contributed by atoms with E-state index in [1.807, 2.05) is 6.07 Å². The number of primary amides is 1. The van der Waals surface area contributed by atoms with Gasteiger partial charge >= 0.3 is 0 Å². The lowest BCUT2D eigenvalue weighted by molar-refractivity contribution is -0.125. The van der Waals surface area contributed by atoms with Crippen LogP contribution in [0, 0.1) is 18.3 Å². The normalized spacial score (nSPS) is 14.2. The summed E-state index contributed by atoms with van der Waals surface area (Å²) in [5.74, 6) is -0.682. The number of likely N-dealkylation sites (tertiary alicyclic amines) is 1. The van der Waals surface area contributed by atoms with Crippen LogP contribution in [0.1, 0.15) is 38.7 Å². The summed E-state index contributed by atoms with van der Waals surface area (Å²) in [6.45, 7) is 6.31. The first-order valence-corrected chi connectivity index (χ1v) is 12.2. The number of nitrogens with one attached hydrogen (secondary N) is 3. The summed E-state index contributed by atoms with van der Waals surface area (Å²) in [6.07, 6.45) is 6.76. The number of hydrogen-bond donors (Lipinski definition) is 4. The lowest BCUT2D eigenvalue weighted by Gasteiger charge is -2.17. The molecular formula is C26H28N10O4. The van der Waals surface area contributed by atoms with Crippen LogP contribution in [0.25, 0.3) is 0 Å². The van der Waals surface area contributed by atoms with Gasteiger partial charge in [-0.25, -0.2) is 4.98 Å². The van der Waals surface area contributed by atoms with Crippen molar-refractivity contribution in [2.75, 3.05) is 37.4 Å². The Hall–Kier alpha value is -5.45. The molecule has 0 radical (unpaired) electrons. The molecule has 0 saturated carbocycles. The smallest absolute Gasteiger partial charge is 0.254 e. The van der Waals surface area contributed by atoms with Crippen molar-refractivity contribution < 1.29 is 19.1 Å². The van der Waals surface area contributed by atoms with Gasteiger partial charge in [0.1, 0.15) is 23.7 Å². The Morgan fingerprint density at radius 3 is 2.80 bits per heavy atom. The molecule has 3 amide bonds. The van der Waals surface area contributed by atoms with Crippen LogP contribution in [-0.4, -0.2) is 69.1 Å². The summed E-state index contributed by atoms with van der Waals surface area (Å²) in [5, 5.41) is 21.8. The molecule has 40 heavy (non-hydrogen) atoms. The number of anilines is 4. The molecule has 1 aliphatic rings. The van der Waals surface area contributed by atoms with Crippen molar-refractivity contribution in [1.29, 1.82) is 5.26 Å². The molecule has 1 atom stereocenters. The van der Waals surface area contributed by atoms with E-state index >= 15 is 0 Å². The van der Waals surface area contributed by atoms with Crippen molar-refractivity contribution in [1.82, 2.24) is 30.0 Å². The molecule has 0 unspecified atom stereocenters. The summed E-state index contributed by atoms with van der Waals surface area (Å²) >= 11 is 0. The fourth-order valence-electron chi connectivity index (χ4n) is 4.28. The van der Waals surface area contributed by atoms with E-state index in [1.54, 1.807) is 35.0 Å². The van der Waals surface area contributed by atoms with Crippen molar-refractivity contribution in [2.24, 2.45) is 5.73 Å². The molecule has 3 heterocycles. The van der Waals surface area contributed by atoms with Crippen molar-refractivity contribution in [3.8, 4) is 11.8 Å². The molecule has 14 heteroatoms. The Bertz CT molecular complexity index is 1510. The van der Waals surface area contributed by atoms with Crippen LogP contribution in [0.4, 0.5) is 23.1 Å². The van der Waals surface area contributed by atoms with E-state index < -0.39 is 11.8 Å². The minimum absolute atomic E-state index is 0.0234. The predicted molar refractivity (Wildman–Crippen MR) is 145 cm³/mol. The third kappa shape index (κ3) is 5.99. The molecular weight excluding hydrogens is 516 g/mol. The number of ether oxygens (including phenoxy) is 1. The van der Waals surface area contributed by atoms with Gasteiger partial charge in [-0.3, -0.25) is 19.1 Å². The highest BCUT2D eigenvalue weighted by Gasteiger charge is 2.27. The number of rotatable bonds is 10. The van der Waals surface area contributed by atoms with E-state index in [4.69, 9.17) is 15.7 Å². The molecule has 206 valence electrons. The standard InChI is InChI=1S/C26H28N10O4/c1-4-21(37)35-8-5-18(14-35)36-13-17(11-31-36)32-26-30-12-19(23(28)38)24(34-26)33-22-15(2)9-16(10-20(22)40-3)25(39)29-7-6-27/h4,9-13,18H,1,5,7-8,14H2,2-3H3,(H2,28,38)(H,29,39)(H2,30,32,33,34)/t18-/m1/s1. The Morgan fingerprint density at radius 1 is 1.30 bits per heavy atom. The first-order chi connectivity index (χ1) is 19.2. The highest BCUT2D eigenvalue weighted by atomic mass is 16.5. The van der Waals surface area contributed by atoms with Gasteiger partial charge in [0, 0.05) is 31.0 Å². The summed E-state index contributed by atoms with van der Waals surface area (Å²) < 4.78 is 7.25. The molecule has 1 saturated heterocycles. The van der Waals surface area contributed by atoms with Gasteiger partial charge in [-0.1, -0.05) is 6.58 Å². The maximum absolute atomic E-state index is 12.3. The first kappa shape index (κ1) is 27.6. The van der Waals surface area contributed by atoms with Crippen LogP contribution < -0.4 is 26.4 Å². The lowest BCUT2D eigenvalue weighted by atomic mass is 10.1. The average molecular weight is 545 g/mol. The third-order valence-corrected chi connectivity index (χ3v) is 6.29. The van der Waals surface area contributed by atoms with Crippen LogP contribution in [0.3, 0.4) is 0 Å². The van der Waals surface area contributed by atoms with Crippen molar-refractivity contribution in [3.63, 3.8) is 0 Å². The van der Waals surface area contributed by atoms with Gasteiger partial charge in [-0.15, -0.1) is 0 Å². The number of methoxy groups -OCH3 is 1. The highest BCUT2D eigenvalue weighted by molar-refractivity contribution is 5.99. The zero-order chi connectivity index (χ0) is 28.8. The molecule has 14 nitrogen and oxygen atoms in total. The molecule has 4 rings (SSSR count). The van der Waals surface area contributed by atoms with Crippen molar-refractivity contribution in [2.45, 2.75) is 19.4 Å². The molecule has 2 aromatic heterocycles. The summed E-state index contributed by atoms with van der Waals surface area (Å²) in [6, 6.07) is 5.00. The summed E-state index contributed by atoms with van der Waals surface area (Å²) in [4.78, 5) is 46.7. The summed E-state index contributed by atoms with van der Waals surface area (Å²) in [5.41, 5.74) is 7.58. The topological polar surface area (TPSA) is 193 Å². The van der Waals surface area contributed by atoms with Crippen molar-refractivity contribution in [3.05, 3.63) is 60.1 Å². The number of carbonyl (C=O) groups is 3. The van der Waals surface area contributed by atoms with Crippen molar-refractivity contribution >= 4 is 40.9 Å². The van der Waals surface area contributed by atoms with Gasteiger partial charge in [-0.05, 0) is 37.1 Å². The van der Waals surface area contributed by atoms with Gasteiger partial charge in [0.2, 0.25) is 11.9 Å². The number of aromatic nitrogens is 4. The van der Waals surface area contributed by atoms with Crippen LogP contribution >= 0.6 is 0 Å². The van der Waals surface area contributed by atoms with Crippen LogP contribution in [0.5, 0.6) is 5.75 Å². The SMILES string of the molecule is C=CC(=O)N1CC[C@@H](n2cc(Nc3ncc(C(N)=O)c(Nc4c(C)cc(C(=O)NCC#N)cc4OC)n3)cn2)C1. The summed E-state index contributed by atoms with van der Waals surface area (Å²) in [7, 11) is 1.44. The average Bonchev–Trinajstić information content (AvgIpc) is 3.62. The van der Waals surface area contributed by atoms with E-state index in [-0.39, 0.29) is 35.8 Å². The maximum atomic E-state index is 12.3. The fourth-order valence-corrected chi connectivity index (χ4v) is 4.28. The number of nitriles is 1. The van der Waals surface area contributed by atoms with Gasteiger partial charge in [-0.2, -0.15) is 15.3 Å². The van der Waals surface area contributed by atoms with E-state index in [0.29, 0.717) is 41.3 Å². The second-order valence-corrected chi connectivity index (χ2v) is 8.92. The van der Waals surface area contributed by atoms with Gasteiger partial charge in [0.25, 0.3) is 11.8 Å². The van der Waals surface area contributed by atoms with E-state index in [9.17, 15) is 14.4 Å². The zero-order valence-corrected chi connectivity index (χ0v) is 22.0. The van der Waals surface area contributed by atoms with Gasteiger partial charge in [0.05, 0.1) is 36.8 Å². The van der Waals surface area contributed by atoms with Crippen LogP contribution in [-0.2, 0) is 4.79 Å². The number of hydrogen-bond acceptors (Lipinski definition) is 10. The second kappa shape index (κ2) is 11.9. The fraction of sp³-hybridized carbons (Fsp3) is 0.269. The molecule has 1 aromatic carbocycles. The monoisotopic (exact) mass is 544 g/mol. The molecule has 1 fully saturated rings. The molecule has 1 aliphatic heterocycles. The van der Waals surface area contributed by atoms with E-state index in [1.165, 1.54) is 25.4 Å². The Kier molecular flexibility index (Phi) is 8.24. The molecule has 0 aliphatic carbocycles.